The van der Waals surface area contributed by atoms with E-state index in [0.717, 1.165) is 4.31 Å². The Morgan fingerprint density at radius 1 is 0.897 bits per heavy atom. The number of sulfonamides is 1. The summed E-state index contributed by atoms with van der Waals surface area (Å²) in [6, 6.07) is 19.0. The van der Waals surface area contributed by atoms with Crippen molar-refractivity contribution in [2.24, 2.45) is 5.92 Å². The van der Waals surface area contributed by atoms with Crippen molar-refractivity contribution in [3.05, 3.63) is 94.0 Å². The van der Waals surface area contributed by atoms with E-state index in [0.29, 0.717) is 33.4 Å². The second-order valence-electron chi connectivity index (χ2n) is 9.70. The smallest absolute Gasteiger partial charge is 0.264 e. The van der Waals surface area contributed by atoms with Gasteiger partial charge in [0.2, 0.25) is 11.8 Å². The zero-order valence-electron chi connectivity index (χ0n) is 22.4. The molecule has 0 radical (unpaired) electrons. The molecule has 0 heterocycles. The maximum Gasteiger partial charge on any atom is 0.264 e. The molecule has 3 aromatic carbocycles. The number of nitrogens with one attached hydrogen (secondary N) is 1. The fraction of sp³-hybridized carbons (Fsp3) is 0.310. The van der Waals surface area contributed by atoms with Gasteiger partial charge in [-0.1, -0.05) is 79.5 Å². The van der Waals surface area contributed by atoms with Gasteiger partial charge in [0.05, 0.1) is 20.6 Å². The number of amides is 2. The monoisotopic (exact) mass is 589 g/mol. The predicted molar refractivity (Wildman–Crippen MR) is 156 cm³/mol. The van der Waals surface area contributed by atoms with Crippen molar-refractivity contribution in [3.8, 4) is 0 Å². The highest BCUT2D eigenvalue weighted by molar-refractivity contribution is 7.92. The van der Waals surface area contributed by atoms with E-state index in [9.17, 15) is 18.0 Å². The van der Waals surface area contributed by atoms with Gasteiger partial charge in [-0.15, -0.1) is 0 Å². The van der Waals surface area contributed by atoms with E-state index in [-0.39, 0.29) is 23.3 Å². The van der Waals surface area contributed by atoms with Crippen LogP contribution in [0, 0.1) is 12.8 Å². The third kappa shape index (κ3) is 7.75. The Labute approximate surface area is 240 Å². The molecule has 7 nitrogen and oxygen atoms in total. The molecule has 0 saturated heterocycles. The summed E-state index contributed by atoms with van der Waals surface area (Å²) < 4.78 is 28.7. The van der Waals surface area contributed by atoms with E-state index in [1.807, 2.05) is 13.8 Å². The Bertz CT molecular complexity index is 1420. The van der Waals surface area contributed by atoms with E-state index in [1.54, 1.807) is 74.5 Å². The molecule has 0 aromatic heterocycles. The zero-order valence-corrected chi connectivity index (χ0v) is 24.7. The van der Waals surface area contributed by atoms with Crippen LogP contribution in [-0.4, -0.2) is 44.3 Å². The summed E-state index contributed by atoms with van der Waals surface area (Å²) in [6.45, 7) is 7.30. The number of halogens is 2. The van der Waals surface area contributed by atoms with Crippen molar-refractivity contribution in [1.82, 2.24) is 10.2 Å². The Hall–Kier alpha value is -3.07. The second-order valence-corrected chi connectivity index (χ2v) is 12.4. The summed E-state index contributed by atoms with van der Waals surface area (Å²) in [5.74, 6) is -0.672. The van der Waals surface area contributed by atoms with Crippen LogP contribution >= 0.6 is 23.2 Å². The van der Waals surface area contributed by atoms with E-state index in [1.165, 1.54) is 17.0 Å². The molecule has 208 valence electrons. The van der Waals surface area contributed by atoms with Gasteiger partial charge in [-0.25, -0.2) is 8.42 Å². The average Bonchev–Trinajstić information content (AvgIpc) is 2.91. The molecule has 1 N–H and O–H groups in total. The number of carbonyl (C=O) groups excluding carboxylic acids is 2. The topological polar surface area (TPSA) is 86.8 Å². The van der Waals surface area contributed by atoms with Gasteiger partial charge in [-0.05, 0) is 61.2 Å². The Morgan fingerprint density at radius 3 is 2.15 bits per heavy atom. The molecule has 0 aliphatic carbocycles. The van der Waals surface area contributed by atoms with Crippen LogP contribution in [0.5, 0.6) is 0 Å². The van der Waals surface area contributed by atoms with Gasteiger partial charge in [0.15, 0.2) is 0 Å². The van der Waals surface area contributed by atoms with Gasteiger partial charge in [0.25, 0.3) is 10.0 Å². The number of rotatable bonds is 11. The molecular weight excluding hydrogens is 557 g/mol. The number of anilines is 1. The normalized spacial score (nSPS) is 12.2. The van der Waals surface area contributed by atoms with Crippen molar-refractivity contribution in [2.75, 3.05) is 17.4 Å². The number of benzene rings is 3. The average molecular weight is 591 g/mol. The molecule has 3 rings (SSSR count). The van der Waals surface area contributed by atoms with Gasteiger partial charge < -0.3 is 10.2 Å². The van der Waals surface area contributed by atoms with Crippen LogP contribution in [0.2, 0.25) is 10.0 Å². The van der Waals surface area contributed by atoms with Gasteiger partial charge in [-0.3, -0.25) is 13.9 Å². The highest BCUT2D eigenvalue weighted by atomic mass is 35.5. The van der Waals surface area contributed by atoms with Gasteiger partial charge in [0.1, 0.15) is 12.6 Å². The molecule has 0 aliphatic heterocycles. The molecule has 39 heavy (non-hydrogen) atoms. The molecule has 3 aromatic rings. The van der Waals surface area contributed by atoms with Crippen LogP contribution < -0.4 is 9.62 Å². The summed E-state index contributed by atoms with van der Waals surface area (Å²) in [4.78, 5) is 28.4. The van der Waals surface area contributed by atoms with Crippen molar-refractivity contribution in [2.45, 2.75) is 45.2 Å². The first kappa shape index (κ1) is 30.5. The summed E-state index contributed by atoms with van der Waals surface area (Å²) in [5, 5.41) is 3.54. The molecule has 10 heteroatoms. The predicted octanol–water partition coefficient (Wildman–Crippen LogP) is 5.69. The quantitative estimate of drug-likeness (QED) is 0.311. The first-order valence-electron chi connectivity index (χ1n) is 12.6. The maximum atomic E-state index is 13.9. The first-order valence-corrected chi connectivity index (χ1v) is 14.8. The molecular formula is C29H33Cl2N3O4S. The number of nitrogens with zero attached hydrogens (tertiary/aromatic N) is 2. The van der Waals surface area contributed by atoms with E-state index < -0.39 is 28.5 Å². The van der Waals surface area contributed by atoms with Crippen molar-refractivity contribution >= 4 is 50.7 Å². The second kappa shape index (κ2) is 13.3. The van der Waals surface area contributed by atoms with Crippen molar-refractivity contribution in [1.29, 1.82) is 0 Å². The molecule has 1 atom stereocenters. The minimum atomic E-state index is -4.11. The van der Waals surface area contributed by atoms with Crippen LogP contribution in [0.1, 0.15) is 31.9 Å². The number of carbonyl (C=O) groups is 2. The Morgan fingerprint density at radius 2 is 1.54 bits per heavy atom. The van der Waals surface area contributed by atoms with Crippen LogP contribution in [0.3, 0.4) is 0 Å². The third-order valence-corrected chi connectivity index (χ3v) is 8.70. The molecule has 0 spiro atoms. The van der Waals surface area contributed by atoms with E-state index in [2.05, 4.69) is 5.32 Å². The highest BCUT2D eigenvalue weighted by Gasteiger charge is 2.33. The summed E-state index contributed by atoms with van der Waals surface area (Å²) in [5.41, 5.74) is 1.71. The zero-order chi connectivity index (χ0) is 28.7. The SMILES string of the molecule is Cc1ccccc1N(CC(=O)N(Cc1ccc(Cl)c(Cl)c1)C(C)C(=O)NCC(C)C)S(=O)(=O)c1ccccc1. The lowest BCUT2D eigenvalue weighted by Crippen LogP contribution is -2.51. The lowest BCUT2D eigenvalue weighted by Gasteiger charge is -2.32. The minimum Gasteiger partial charge on any atom is -0.354 e. The number of hydrogen-bond acceptors (Lipinski definition) is 4. The first-order chi connectivity index (χ1) is 18.4. The largest absolute Gasteiger partial charge is 0.354 e. The summed E-state index contributed by atoms with van der Waals surface area (Å²) in [6.07, 6.45) is 0. The van der Waals surface area contributed by atoms with E-state index >= 15 is 0 Å². The fourth-order valence-corrected chi connectivity index (χ4v) is 5.77. The fourth-order valence-electron chi connectivity index (χ4n) is 3.95. The van der Waals surface area contributed by atoms with Gasteiger partial charge >= 0.3 is 0 Å². The van der Waals surface area contributed by atoms with Gasteiger partial charge in [0, 0.05) is 13.1 Å². The van der Waals surface area contributed by atoms with Gasteiger partial charge in [-0.2, -0.15) is 0 Å². The molecule has 0 fully saturated rings. The Balaban J connectivity index is 2.02. The van der Waals surface area contributed by atoms with E-state index in [4.69, 9.17) is 23.2 Å². The van der Waals surface area contributed by atoms with Crippen molar-refractivity contribution in [3.63, 3.8) is 0 Å². The minimum absolute atomic E-state index is 0.0268. The standard InChI is InChI=1S/C29H33Cl2N3O4S/c1-20(2)17-32-29(36)22(4)33(18-23-14-15-25(30)26(31)16-23)28(35)19-34(27-13-9-8-10-21(27)3)39(37,38)24-11-6-5-7-12-24/h5-16,20,22H,17-19H2,1-4H3,(H,32,36). The highest BCUT2D eigenvalue weighted by Crippen LogP contribution is 2.28. The Kier molecular flexibility index (Phi) is 10.4. The number of para-hydroxylation sites is 1. The summed E-state index contributed by atoms with van der Waals surface area (Å²) >= 11 is 12.3. The van der Waals surface area contributed by atoms with Crippen LogP contribution in [0.25, 0.3) is 0 Å². The number of hydrogen-bond donors (Lipinski definition) is 1. The number of aryl methyl sites for hydroxylation is 1. The summed E-state index contributed by atoms with van der Waals surface area (Å²) in [7, 11) is -4.11. The lowest BCUT2D eigenvalue weighted by atomic mass is 10.1. The maximum absolute atomic E-state index is 13.9. The van der Waals surface area contributed by atoms with Crippen LogP contribution in [-0.2, 0) is 26.2 Å². The molecule has 1 unspecified atom stereocenters. The van der Waals surface area contributed by atoms with Crippen LogP contribution in [0.4, 0.5) is 5.69 Å². The van der Waals surface area contributed by atoms with Crippen LogP contribution in [0.15, 0.2) is 77.7 Å². The molecule has 2 amide bonds. The van der Waals surface area contributed by atoms with Crippen molar-refractivity contribution < 1.29 is 18.0 Å². The lowest BCUT2D eigenvalue weighted by molar-refractivity contribution is -0.139. The molecule has 0 aliphatic rings. The third-order valence-electron chi connectivity index (χ3n) is 6.18. The molecule has 0 saturated carbocycles. The molecule has 0 bridgehead atoms.